The van der Waals surface area contributed by atoms with E-state index >= 15 is 0 Å². The quantitative estimate of drug-likeness (QED) is 0.836. The number of aromatic nitrogens is 2. The molecule has 1 aromatic heterocycles. The first-order chi connectivity index (χ1) is 6.92. The van der Waals surface area contributed by atoms with Gasteiger partial charge in [0.25, 0.3) is 0 Å². The Morgan fingerprint density at radius 3 is 2.20 bits per heavy atom. The zero-order valence-electron chi connectivity index (χ0n) is 10.6. The monoisotopic (exact) mass is 212 g/mol. The third-order valence-corrected chi connectivity index (χ3v) is 1.64. The summed E-state index contributed by atoms with van der Waals surface area (Å²) in [7, 11) is 0. The third kappa shape index (κ3) is 7.14. The van der Waals surface area contributed by atoms with Crippen LogP contribution < -0.4 is 0 Å². The summed E-state index contributed by atoms with van der Waals surface area (Å²) in [4.78, 5) is 0. The Morgan fingerprint density at radius 1 is 1.33 bits per heavy atom. The first-order valence-corrected chi connectivity index (χ1v) is 5.66. The standard InChI is InChI=1S/C9H16N2O.C3H8/c1-4-8-5-10-11(6-8)7-9(2,3)12;1-3-2/h5-6,12H,4,7H2,1-3H3;3H2,1-2H3. The topological polar surface area (TPSA) is 38.0 Å². The van der Waals surface area contributed by atoms with E-state index in [1.54, 1.807) is 18.5 Å². The van der Waals surface area contributed by atoms with Gasteiger partial charge in [0.2, 0.25) is 0 Å². The molecule has 0 unspecified atom stereocenters. The van der Waals surface area contributed by atoms with Gasteiger partial charge in [-0.15, -0.1) is 0 Å². The van der Waals surface area contributed by atoms with E-state index in [1.807, 2.05) is 12.4 Å². The molecule has 0 bridgehead atoms. The average molecular weight is 212 g/mol. The summed E-state index contributed by atoms with van der Waals surface area (Å²) >= 11 is 0. The van der Waals surface area contributed by atoms with Crippen LogP contribution in [-0.2, 0) is 13.0 Å². The lowest BCUT2D eigenvalue weighted by Crippen LogP contribution is -2.26. The SMILES string of the molecule is CCC.CCc1cnn(CC(C)(C)O)c1. The summed E-state index contributed by atoms with van der Waals surface area (Å²) in [6.07, 6.45) is 6.05. The summed E-state index contributed by atoms with van der Waals surface area (Å²) in [6.45, 7) is 10.4. The summed E-state index contributed by atoms with van der Waals surface area (Å²) in [5.74, 6) is 0. The Hall–Kier alpha value is -0.830. The fourth-order valence-corrected chi connectivity index (χ4v) is 1.07. The van der Waals surface area contributed by atoms with Gasteiger partial charge in [-0.2, -0.15) is 5.10 Å². The molecule has 1 aromatic rings. The van der Waals surface area contributed by atoms with E-state index in [1.165, 1.54) is 12.0 Å². The van der Waals surface area contributed by atoms with Crippen molar-refractivity contribution in [1.82, 2.24) is 9.78 Å². The zero-order valence-corrected chi connectivity index (χ0v) is 10.6. The van der Waals surface area contributed by atoms with Gasteiger partial charge in [-0.3, -0.25) is 4.68 Å². The van der Waals surface area contributed by atoms with Crippen LogP contribution in [-0.4, -0.2) is 20.5 Å². The van der Waals surface area contributed by atoms with Gasteiger partial charge in [0.05, 0.1) is 18.3 Å². The second-order valence-corrected chi connectivity index (χ2v) is 4.42. The Labute approximate surface area is 93.1 Å². The Kier molecular flexibility index (Phi) is 6.25. The molecule has 3 nitrogen and oxygen atoms in total. The minimum absolute atomic E-state index is 0.549. The summed E-state index contributed by atoms with van der Waals surface area (Å²) in [6, 6.07) is 0. The number of rotatable bonds is 3. The first kappa shape index (κ1) is 14.2. The lowest BCUT2D eigenvalue weighted by Gasteiger charge is -2.16. The van der Waals surface area contributed by atoms with Crippen molar-refractivity contribution >= 4 is 0 Å². The van der Waals surface area contributed by atoms with Crippen LogP contribution in [0.1, 0.15) is 46.6 Å². The van der Waals surface area contributed by atoms with Gasteiger partial charge in [0.1, 0.15) is 0 Å². The zero-order chi connectivity index (χ0) is 11.9. The summed E-state index contributed by atoms with van der Waals surface area (Å²) in [5, 5.41) is 13.6. The van der Waals surface area contributed by atoms with Gasteiger partial charge in [0.15, 0.2) is 0 Å². The predicted molar refractivity (Wildman–Crippen MR) is 63.9 cm³/mol. The molecular weight excluding hydrogens is 188 g/mol. The third-order valence-electron chi connectivity index (χ3n) is 1.64. The van der Waals surface area contributed by atoms with E-state index in [9.17, 15) is 5.11 Å². The minimum atomic E-state index is -0.684. The molecule has 0 saturated carbocycles. The molecule has 1 heterocycles. The van der Waals surface area contributed by atoms with Crippen LogP contribution in [0, 0.1) is 0 Å². The number of aryl methyl sites for hydroxylation is 1. The smallest absolute Gasteiger partial charge is 0.0786 e. The van der Waals surface area contributed by atoms with E-state index in [0.717, 1.165) is 6.42 Å². The van der Waals surface area contributed by atoms with Crippen LogP contribution in [0.2, 0.25) is 0 Å². The van der Waals surface area contributed by atoms with Crippen LogP contribution in [0.4, 0.5) is 0 Å². The summed E-state index contributed by atoms with van der Waals surface area (Å²) in [5.41, 5.74) is 0.524. The molecule has 1 N–H and O–H groups in total. The number of nitrogens with zero attached hydrogens (tertiary/aromatic N) is 2. The van der Waals surface area contributed by atoms with Gasteiger partial charge in [0, 0.05) is 6.20 Å². The molecule has 0 aromatic carbocycles. The molecular formula is C12H24N2O. The van der Waals surface area contributed by atoms with Crippen LogP contribution in [0.15, 0.2) is 12.4 Å². The fraction of sp³-hybridized carbons (Fsp3) is 0.750. The molecule has 0 spiro atoms. The van der Waals surface area contributed by atoms with E-state index in [0.29, 0.717) is 6.54 Å². The number of hydrogen-bond donors (Lipinski definition) is 1. The van der Waals surface area contributed by atoms with E-state index < -0.39 is 5.60 Å². The Bertz CT molecular complexity index is 261. The largest absolute Gasteiger partial charge is 0.389 e. The maximum atomic E-state index is 9.49. The van der Waals surface area contributed by atoms with Crippen molar-refractivity contribution in [1.29, 1.82) is 0 Å². The molecule has 0 aliphatic carbocycles. The number of aliphatic hydroxyl groups is 1. The molecule has 3 heteroatoms. The average Bonchev–Trinajstić information content (AvgIpc) is 2.50. The van der Waals surface area contributed by atoms with Crippen LogP contribution in [0.3, 0.4) is 0 Å². The van der Waals surface area contributed by atoms with Gasteiger partial charge in [-0.1, -0.05) is 27.2 Å². The molecule has 0 atom stereocenters. The Morgan fingerprint density at radius 2 is 1.87 bits per heavy atom. The molecule has 0 aliphatic rings. The lowest BCUT2D eigenvalue weighted by molar-refractivity contribution is 0.0577. The van der Waals surface area contributed by atoms with Gasteiger partial charge in [-0.05, 0) is 25.8 Å². The highest BCUT2D eigenvalue weighted by atomic mass is 16.3. The van der Waals surface area contributed by atoms with Crippen molar-refractivity contribution in [3.05, 3.63) is 18.0 Å². The minimum Gasteiger partial charge on any atom is -0.389 e. The molecule has 0 aliphatic heterocycles. The second kappa shape index (κ2) is 6.62. The van der Waals surface area contributed by atoms with Crippen LogP contribution in [0.25, 0.3) is 0 Å². The van der Waals surface area contributed by atoms with E-state index in [4.69, 9.17) is 0 Å². The fourth-order valence-electron chi connectivity index (χ4n) is 1.07. The molecule has 0 fully saturated rings. The molecule has 0 radical (unpaired) electrons. The normalized spacial score (nSPS) is 10.8. The highest BCUT2D eigenvalue weighted by molar-refractivity contribution is 5.03. The van der Waals surface area contributed by atoms with Crippen molar-refractivity contribution in [2.24, 2.45) is 0 Å². The predicted octanol–water partition coefficient (Wildman–Crippen LogP) is 2.63. The van der Waals surface area contributed by atoms with Gasteiger partial charge in [-0.25, -0.2) is 0 Å². The van der Waals surface area contributed by atoms with E-state index in [2.05, 4.69) is 25.9 Å². The van der Waals surface area contributed by atoms with Crippen molar-refractivity contribution in [3.63, 3.8) is 0 Å². The van der Waals surface area contributed by atoms with Crippen molar-refractivity contribution < 1.29 is 5.11 Å². The molecule has 0 saturated heterocycles. The molecule has 0 amide bonds. The molecule has 1 rings (SSSR count). The first-order valence-electron chi connectivity index (χ1n) is 5.66. The van der Waals surface area contributed by atoms with Crippen molar-refractivity contribution in [2.45, 2.75) is 59.6 Å². The molecule has 15 heavy (non-hydrogen) atoms. The molecule has 88 valence electrons. The summed E-state index contributed by atoms with van der Waals surface area (Å²) < 4.78 is 1.78. The maximum Gasteiger partial charge on any atom is 0.0786 e. The van der Waals surface area contributed by atoms with Gasteiger partial charge < -0.3 is 5.11 Å². The van der Waals surface area contributed by atoms with Gasteiger partial charge >= 0.3 is 0 Å². The highest BCUT2D eigenvalue weighted by Gasteiger charge is 2.13. The van der Waals surface area contributed by atoms with E-state index in [-0.39, 0.29) is 0 Å². The van der Waals surface area contributed by atoms with Crippen molar-refractivity contribution in [2.75, 3.05) is 0 Å². The maximum absolute atomic E-state index is 9.49. The second-order valence-electron chi connectivity index (χ2n) is 4.42. The lowest BCUT2D eigenvalue weighted by atomic mass is 10.1. The Balaban J connectivity index is 0.000000583. The van der Waals surface area contributed by atoms with Crippen molar-refractivity contribution in [3.8, 4) is 0 Å². The van der Waals surface area contributed by atoms with Crippen LogP contribution in [0.5, 0.6) is 0 Å². The highest BCUT2D eigenvalue weighted by Crippen LogP contribution is 2.06. The number of hydrogen-bond acceptors (Lipinski definition) is 2. The van der Waals surface area contributed by atoms with Crippen LogP contribution >= 0.6 is 0 Å².